The molecule has 1 saturated carbocycles. The van der Waals surface area contributed by atoms with Gasteiger partial charge in [-0.2, -0.15) is 0 Å². The smallest absolute Gasteiger partial charge is 0.325 e. The Hall–Kier alpha value is -2.45. The molecule has 28 heavy (non-hydrogen) atoms. The fourth-order valence-electron chi connectivity index (χ4n) is 3.27. The first-order valence-electron chi connectivity index (χ1n) is 8.93. The number of hydrogen-bond acceptors (Lipinski definition) is 5. The number of carboxylic acid groups (broad SMARTS) is 1. The van der Waals surface area contributed by atoms with E-state index in [1.807, 2.05) is 13.0 Å². The SMILES string of the molecule is Cc1ccc(NC(=O)Nc2nc(CC(=O)O)c(Cl)s2)c(C(=O)C2CCCC2)c1. The third-order valence-electron chi connectivity index (χ3n) is 4.60. The van der Waals surface area contributed by atoms with Crippen LogP contribution in [0.1, 0.15) is 47.3 Å². The second-order valence-electron chi connectivity index (χ2n) is 6.78. The molecule has 1 fully saturated rings. The van der Waals surface area contributed by atoms with Gasteiger partial charge >= 0.3 is 12.0 Å². The largest absolute Gasteiger partial charge is 0.481 e. The summed E-state index contributed by atoms with van der Waals surface area (Å²) >= 11 is 6.95. The number of nitrogens with one attached hydrogen (secondary N) is 2. The zero-order chi connectivity index (χ0) is 20.3. The Morgan fingerprint density at radius 2 is 1.96 bits per heavy atom. The van der Waals surface area contributed by atoms with E-state index in [1.165, 1.54) is 0 Å². The molecule has 0 saturated heterocycles. The predicted molar refractivity (Wildman–Crippen MR) is 109 cm³/mol. The highest BCUT2D eigenvalue weighted by Crippen LogP contribution is 2.31. The van der Waals surface area contributed by atoms with Gasteiger partial charge in [-0.15, -0.1) is 0 Å². The van der Waals surface area contributed by atoms with Crippen molar-refractivity contribution < 1.29 is 19.5 Å². The minimum absolute atomic E-state index is 0.00163. The topological polar surface area (TPSA) is 108 Å². The van der Waals surface area contributed by atoms with E-state index in [9.17, 15) is 14.4 Å². The lowest BCUT2D eigenvalue weighted by Gasteiger charge is -2.14. The Labute approximate surface area is 171 Å². The van der Waals surface area contributed by atoms with Crippen LogP contribution in [-0.2, 0) is 11.2 Å². The molecule has 1 aromatic carbocycles. The quantitative estimate of drug-likeness (QED) is 0.583. The average Bonchev–Trinajstić information content (AvgIpc) is 3.26. The van der Waals surface area contributed by atoms with Crippen LogP contribution in [0.25, 0.3) is 0 Å². The molecule has 2 amide bonds. The van der Waals surface area contributed by atoms with E-state index >= 15 is 0 Å². The van der Waals surface area contributed by atoms with E-state index in [-0.39, 0.29) is 33.3 Å². The first-order valence-corrected chi connectivity index (χ1v) is 10.1. The summed E-state index contributed by atoms with van der Waals surface area (Å²) in [6, 6.07) is 4.76. The Balaban J connectivity index is 1.73. The van der Waals surface area contributed by atoms with Crippen molar-refractivity contribution in [3.8, 4) is 0 Å². The highest BCUT2D eigenvalue weighted by Gasteiger charge is 2.26. The number of rotatable bonds is 6. The van der Waals surface area contributed by atoms with Gasteiger partial charge < -0.3 is 10.4 Å². The second-order valence-corrected chi connectivity index (χ2v) is 8.38. The van der Waals surface area contributed by atoms with Crippen molar-refractivity contribution in [3.63, 3.8) is 0 Å². The number of amides is 2. The number of carboxylic acids is 1. The lowest BCUT2D eigenvalue weighted by atomic mass is 9.94. The average molecular weight is 422 g/mol. The summed E-state index contributed by atoms with van der Waals surface area (Å²) in [6.45, 7) is 1.90. The number of urea groups is 1. The molecule has 3 N–H and O–H groups in total. The van der Waals surface area contributed by atoms with Crippen LogP contribution in [0.2, 0.25) is 4.34 Å². The van der Waals surface area contributed by atoms with Crippen LogP contribution in [0.5, 0.6) is 0 Å². The molecule has 9 heteroatoms. The van der Waals surface area contributed by atoms with E-state index in [0.29, 0.717) is 11.3 Å². The van der Waals surface area contributed by atoms with Gasteiger partial charge in [-0.25, -0.2) is 9.78 Å². The number of ketones is 1. The number of aryl methyl sites for hydroxylation is 1. The van der Waals surface area contributed by atoms with E-state index in [4.69, 9.17) is 16.7 Å². The lowest BCUT2D eigenvalue weighted by Crippen LogP contribution is -2.22. The summed E-state index contributed by atoms with van der Waals surface area (Å²) in [5, 5.41) is 14.3. The molecule has 0 radical (unpaired) electrons. The molecule has 7 nitrogen and oxygen atoms in total. The van der Waals surface area contributed by atoms with Gasteiger partial charge in [0.15, 0.2) is 10.9 Å². The number of carbonyl (C=O) groups is 3. The molecule has 2 aromatic rings. The van der Waals surface area contributed by atoms with Crippen molar-refractivity contribution >= 4 is 51.5 Å². The number of carbonyl (C=O) groups excluding carboxylic acids is 2. The molecule has 3 rings (SSSR count). The third kappa shape index (κ3) is 4.88. The Morgan fingerprint density at radius 3 is 2.64 bits per heavy atom. The van der Waals surface area contributed by atoms with E-state index < -0.39 is 12.0 Å². The molecule has 1 aliphatic carbocycles. The summed E-state index contributed by atoms with van der Waals surface area (Å²) in [5.41, 5.74) is 2.08. The minimum atomic E-state index is -1.06. The molecule has 0 aliphatic heterocycles. The van der Waals surface area contributed by atoms with Gasteiger partial charge in [-0.3, -0.25) is 14.9 Å². The molecule has 1 aromatic heterocycles. The highest BCUT2D eigenvalue weighted by molar-refractivity contribution is 7.19. The normalized spacial score (nSPS) is 14.1. The number of hydrogen-bond donors (Lipinski definition) is 3. The second kappa shape index (κ2) is 8.70. The number of nitrogens with zero attached hydrogens (tertiary/aromatic N) is 1. The van der Waals surface area contributed by atoms with Crippen LogP contribution in [0.3, 0.4) is 0 Å². The van der Waals surface area contributed by atoms with Crippen molar-refractivity contribution in [2.75, 3.05) is 10.6 Å². The van der Waals surface area contributed by atoms with Gasteiger partial charge in [0.05, 0.1) is 17.8 Å². The van der Waals surface area contributed by atoms with Gasteiger partial charge in [0.25, 0.3) is 0 Å². The van der Waals surface area contributed by atoms with Crippen LogP contribution >= 0.6 is 22.9 Å². The summed E-state index contributed by atoms with van der Waals surface area (Å²) < 4.78 is 0.213. The van der Waals surface area contributed by atoms with Crippen LogP contribution in [0.4, 0.5) is 15.6 Å². The molecule has 0 atom stereocenters. The molecule has 0 unspecified atom stereocenters. The lowest BCUT2D eigenvalue weighted by molar-refractivity contribution is -0.136. The first kappa shape index (κ1) is 20.3. The molecule has 1 heterocycles. The summed E-state index contributed by atoms with van der Waals surface area (Å²) in [5.74, 6) is -1.00. The van der Waals surface area contributed by atoms with Crippen molar-refractivity contribution in [1.29, 1.82) is 0 Å². The molecular weight excluding hydrogens is 402 g/mol. The Kier molecular flexibility index (Phi) is 6.31. The summed E-state index contributed by atoms with van der Waals surface area (Å²) in [7, 11) is 0. The standard InChI is InChI=1S/C19H20ClN3O4S/c1-10-6-7-13(12(8-10)16(26)11-4-2-3-5-11)21-18(27)23-19-22-14(9-15(24)25)17(20)28-19/h6-8,11H,2-5,9H2,1H3,(H,24,25)(H2,21,22,23,27). The predicted octanol–water partition coefficient (Wildman–Crippen LogP) is 4.75. The van der Waals surface area contributed by atoms with E-state index in [1.54, 1.807) is 12.1 Å². The number of benzene rings is 1. The van der Waals surface area contributed by atoms with Gasteiger partial charge in [0.2, 0.25) is 0 Å². The third-order valence-corrected chi connectivity index (χ3v) is 5.85. The molecule has 1 aliphatic rings. The number of aliphatic carboxylic acids is 1. The maximum atomic E-state index is 12.9. The fourth-order valence-corrected chi connectivity index (χ4v) is 4.30. The van der Waals surface area contributed by atoms with Crippen LogP contribution in [0.15, 0.2) is 18.2 Å². The monoisotopic (exact) mass is 421 g/mol. The maximum absolute atomic E-state index is 12.9. The Morgan fingerprint density at radius 1 is 1.25 bits per heavy atom. The van der Waals surface area contributed by atoms with Gasteiger partial charge in [0, 0.05) is 11.5 Å². The number of Topliss-reactive ketones (excluding diaryl/α,β-unsaturated/α-hetero) is 1. The molecule has 0 spiro atoms. The molecule has 0 bridgehead atoms. The van der Waals surface area contributed by atoms with Crippen molar-refractivity contribution in [2.24, 2.45) is 5.92 Å². The van der Waals surface area contributed by atoms with Crippen LogP contribution < -0.4 is 10.6 Å². The van der Waals surface area contributed by atoms with Crippen molar-refractivity contribution in [1.82, 2.24) is 4.98 Å². The van der Waals surface area contributed by atoms with Gasteiger partial charge in [0.1, 0.15) is 4.34 Å². The number of halogens is 1. The van der Waals surface area contributed by atoms with E-state index in [2.05, 4.69) is 15.6 Å². The fraction of sp³-hybridized carbons (Fsp3) is 0.368. The zero-order valence-electron chi connectivity index (χ0n) is 15.3. The minimum Gasteiger partial charge on any atom is -0.481 e. The Bertz CT molecular complexity index is 922. The van der Waals surface area contributed by atoms with Gasteiger partial charge in [-0.1, -0.05) is 47.4 Å². The highest BCUT2D eigenvalue weighted by atomic mass is 35.5. The van der Waals surface area contributed by atoms with Crippen molar-refractivity contribution in [3.05, 3.63) is 39.4 Å². The summed E-state index contributed by atoms with van der Waals surface area (Å²) in [4.78, 5) is 40.1. The molecule has 148 valence electrons. The van der Waals surface area contributed by atoms with Crippen molar-refractivity contribution in [2.45, 2.75) is 39.0 Å². The van der Waals surface area contributed by atoms with E-state index in [0.717, 1.165) is 42.6 Å². The summed E-state index contributed by atoms with van der Waals surface area (Å²) in [6.07, 6.45) is 3.53. The molecular formula is C19H20ClN3O4S. The van der Waals surface area contributed by atoms with Gasteiger partial charge in [-0.05, 0) is 31.9 Å². The number of aromatic nitrogens is 1. The van der Waals surface area contributed by atoms with Crippen LogP contribution in [-0.4, -0.2) is 27.9 Å². The number of anilines is 2. The zero-order valence-corrected chi connectivity index (χ0v) is 16.8. The first-order chi connectivity index (χ1) is 13.3. The number of thiazole rings is 1. The van der Waals surface area contributed by atoms with Crippen LogP contribution in [0, 0.1) is 12.8 Å². The maximum Gasteiger partial charge on any atom is 0.325 e.